The molecule has 1 aliphatic heterocycles. The zero-order chi connectivity index (χ0) is 16.7. The van der Waals surface area contributed by atoms with Crippen LogP contribution in [-0.4, -0.2) is 24.1 Å². The lowest BCUT2D eigenvalue weighted by molar-refractivity contribution is 0.00578. The SMILES string of the molecule is Cc1cc(C)c(C=C(CS)B2OC(C)(C)C(C)(C)O2)cc1C. The van der Waals surface area contributed by atoms with Gasteiger partial charge in [-0.05, 0) is 76.2 Å². The molecule has 0 bridgehead atoms. The van der Waals surface area contributed by atoms with Crippen molar-refractivity contribution in [2.75, 3.05) is 5.75 Å². The second kappa shape index (κ2) is 6.07. The summed E-state index contributed by atoms with van der Waals surface area (Å²) in [7, 11) is -0.330. The molecule has 1 aliphatic rings. The Labute approximate surface area is 140 Å². The fourth-order valence-electron chi connectivity index (χ4n) is 2.52. The van der Waals surface area contributed by atoms with E-state index in [9.17, 15) is 0 Å². The maximum absolute atomic E-state index is 6.14. The molecule has 120 valence electrons. The molecule has 1 saturated heterocycles. The van der Waals surface area contributed by atoms with Crippen LogP contribution in [-0.2, 0) is 9.31 Å². The van der Waals surface area contributed by atoms with Gasteiger partial charge in [-0.25, -0.2) is 0 Å². The van der Waals surface area contributed by atoms with Gasteiger partial charge >= 0.3 is 7.12 Å². The molecular weight excluding hydrogens is 291 g/mol. The average molecular weight is 318 g/mol. The molecule has 0 spiro atoms. The van der Waals surface area contributed by atoms with E-state index in [0.717, 1.165) is 5.47 Å². The van der Waals surface area contributed by atoms with Gasteiger partial charge in [0.05, 0.1) is 11.2 Å². The molecule has 0 aromatic heterocycles. The predicted molar refractivity (Wildman–Crippen MR) is 98.6 cm³/mol. The normalized spacial score (nSPS) is 20.5. The number of benzene rings is 1. The van der Waals surface area contributed by atoms with Gasteiger partial charge in [-0.3, -0.25) is 0 Å². The molecule has 1 aromatic carbocycles. The lowest BCUT2D eigenvalue weighted by Gasteiger charge is -2.32. The fraction of sp³-hybridized carbons (Fsp3) is 0.556. The summed E-state index contributed by atoms with van der Waals surface area (Å²) in [6, 6.07) is 4.45. The van der Waals surface area contributed by atoms with Gasteiger partial charge in [-0.2, -0.15) is 12.6 Å². The second-order valence-electron chi connectivity index (χ2n) is 7.26. The smallest absolute Gasteiger partial charge is 0.400 e. The van der Waals surface area contributed by atoms with Crippen molar-refractivity contribution in [2.45, 2.75) is 59.7 Å². The Morgan fingerprint density at radius 1 is 1.00 bits per heavy atom. The standard InChI is InChI=1S/C18H27BO2S/c1-12-8-14(3)15(9-13(12)2)10-16(11-22)19-20-17(4,5)18(6,7)21-19/h8-10,22H,11H2,1-7H3. The van der Waals surface area contributed by atoms with Gasteiger partial charge in [0, 0.05) is 5.75 Å². The zero-order valence-electron chi connectivity index (χ0n) is 14.8. The van der Waals surface area contributed by atoms with E-state index in [4.69, 9.17) is 9.31 Å². The van der Waals surface area contributed by atoms with Gasteiger partial charge in [-0.1, -0.05) is 18.2 Å². The molecule has 2 rings (SSSR count). The number of hydrogen-bond donors (Lipinski definition) is 1. The fourth-order valence-corrected chi connectivity index (χ4v) is 2.76. The monoisotopic (exact) mass is 318 g/mol. The first kappa shape index (κ1) is 17.6. The zero-order valence-corrected chi connectivity index (χ0v) is 15.7. The van der Waals surface area contributed by atoms with E-state index in [-0.39, 0.29) is 18.3 Å². The van der Waals surface area contributed by atoms with Crippen molar-refractivity contribution < 1.29 is 9.31 Å². The third-order valence-corrected chi connectivity index (χ3v) is 5.33. The third kappa shape index (κ3) is 3.29. The Morgan fingerprint density at radius 3 is 2.00 bits per heavy atom. The summed E-state index contributed by atoms with van der Waals surface area (Å²) in [6.07, 6.45) is 2.16. The van der Waals surface area contributed by atoms with E-state index in [2.05, 4.69) is 79.3 Å². The Hall–Kier alpha value is -0.705. The van der Waals surface area contributed by atoms with E-state index in [1.807, 2.05) is 0 Å². The summed E-state index contributed by atoms with van der Waals surface area (Å²) in [4.78, 5) is 0. The lowest BCUT2D eigenvalue weighted by Crippen LogP contribution is -2.41. The van der Waals surface area contributed by atoms with Crippen molar-refractivity contribution in [1.82, 2.24) is 0 Å². The predicted octanol–water partition coefficient (Wildman–Crippen LogP) is 4.56. The molecule has 22 heavy (non-hydrogen) atoms. The molecule has 0 unspecified atom stereocenters. The van der Waals surface area contributed by atoms with Crippen LogP contribution in [0.15, 0.2) is 17.6 Å². The van der Waals surface area contributed by atoms with Gasteiger partial charge in [-0.15, -0.1) is 0 Å². The maximum Gasteiger partial charge on any atom is 0.491 e. The first-order valence-corrected chi connectivity index (χ1v) is 8.45. The van der Waals surface area contributed by atoms with Crippen molar-refractivity contribution in [3.63, 3.8) is 0 Å². The number of rotatable bonds is 3. The van der Waals surface area contributed by atoms with Crippen molar-refractivity contribution in [1.29, 1.82) is 0 Å². The number of aryl methyl sites for hydroxylation is 3. The Kier molecular flexibility index (Phi) is 4.86. The molecule has 4 heteroatoms. The minimum Gasteiger partial charge on any atom is -0.400 e. The van der Waals surface area contributed by atoms with Gasteiger partial charge in [0.25, 0.3) is 0 Å². The summed E-state index contributed by atoms with van der Waals surface area (Å²) in [5, 5.41) is 0. The van der Waals surface area contributed by atoms with E-state index >= 15 is 0 Å². The highest BCUT2D eigenvalue weighted by Gasteiger charge is 2.52. The molecule has 0 N–H and O–H groups in total. The summed E-state index contributed by atoms with van der Waals surface area (Å²) >= 11 is 4.49. The molecule has 2 nitrogen and oxygen atoms in total. The van der Waals surface area contributed by atoms with Crippen molar-refractivity contribution >= 4 is 25.8 Å². The second-order valence-corrected chi connectivity index (χ2v) is 7.57. The summed E-state index contributed by atoms with van der Waals surface area (Å²) in [6.45, 7) is 14.7. The van der Waals surface area contributed by atoms with Crippen LogP contribution in [0.2, 0.25) is 0 Å². The van der Waals surface area contributed by atoms with Crippen molar-refractivity contribution in [2.24, 2.45) is 0 Å². The van der Waals surface area contributed by atoms with E-state index in [0.29, 0.717) is 5.75 Å². The van der Waals surface area contributed by atoms with Crippen LogP contribution in [0, 0.1) is 20.8 Å². The highest BCUT2D eigenvalue weighted by molar-refractivity contribution is 7.80. The quantitative estimate of drug-likeness (QED) is 0.651. The molecule has 0 saturated carbocycles. The highest BCUT2D eigenvalue weighted by Crippen LogP contribution is 2.39. The van der Waals surface area contributed by atoms with Crippen LogP contribution in [0.1, 0.15) is 49.9 Å². The molecule has 0 atom stereocenters. The largest absolute Gasteiger partial charge is 0.491 e. The van der Waals surface area contributed by atoms with Gasteiger partial charge in [0.2, 0.25) is 0 Å². The molecule has 1 fully saturated rings. The van der Waals surface area contributed by atoms with E-state index in [1.54, 1.807) is 0 Å². The molecule has 0 radical (unpaired) electrons. The van der Waals surface area contributed by atoms with Crippen molar-refractivity contribution in [3.05, 3.63) is 39.9 Å². The summed E-state index contributed by atoms with van der Waals surface area (Å²) in [5.74, 6) is 0.614. The highest BCUT2D eigenvalue weighted by atomic mass is 32.1. The van der Waals surface area contributed by atoms with Gasteiger partial charge < -0.3 is 9.31 Å². The molecule has 1 aromatic rings. The minimum atomic E-state index is -0.330. The third-order valence-electron chi connectivity index (χ3n) is 4.96. The van der Waals surface area contributed by atoms with Crippen LogP contribution < -0.4 is 0 Å². The molecule has 1 heterocycles. The minimum absolute atomic E-state index is 0.321. The first-order valence-electron chi connectivity index (χ1n) is 7.82. The Bertz CT molecular complexity index is 589. The maximum atomic E-state index is 6.14. The van der Waals surface area contributed by atoms with Crippen LogP contribution in [0.25, 0.3) is 6.08 Å². The Balaban J connectivity index is 2.36. The van der Waals surface area contributed by atoms with E-state index in [1.165, 1.54) is 22.3 Å². The lowest BCUT2D eigenvalue weighted by atomic mass is 9.78. The average Bonchev–Trinajstić information content (AvgIpc) is 2.61. The van der Waals surface area contributed by atoms with E-state index < -0.39 is 0 Å². The number of hydrogen-bond acceptors (Lipinski definition) is 3. The first-order chi connectivity index (χ1) is 10.1. The van der Waals surface area contributed by atoms with Crippen LogP contribution in [0.3, 0.4) is 0 Å². The molecule has 0 amide bonds. The van der Waals surface area contributed by atoms with Crippen LogP contribution in [0.5, 0.6) is 0 Å². The van der Waals surface area contributed by atoms with Gasteiger partial charge in [0.1, 0.15) is 0 Å². The van der Waals surface area contributed by atoms with Crippen LogP contribution >= 0.6 is 12.6 Å². The van der Waals surface area contributed by atoms with Gasteiger partial charge in [0.15, 0.2) is 0 Å². The summed E-state index contributed by atoms with van der Waals surface area (Å²) in [5.41, 5.74) is 5.51. The number of thiol groups is 1. The molecule has 0 aliphatic carbocycles. The topological polar surface area (TPSA) is 18.5 Å². The van der Waals surface area contributed by atoms with Crippen molar-refractivity contribution in [3.8, 4) is 0 Å². The van der Waals surface area contributed by atoms with Crippen LogP contribution in [0.4, 0.5) is 0 Å². The Morgan fingerprint density at radius 2 is 1.50 bits per heavy atom. The summed E-state index contributed by atoms with van der Waals surface area (Å²) < 4.78 is 12.3. The molecular formula is C18H27BO2S.